The van der Waals surface area contributed by atoms with Crippen molar-refractivity contribution >= 4 is 32.6 Å². The molecule has 0 fully saturated rings. The Bertz CT molecular complexity index is 1490. The van der Waals surface area contributed by atoms with Gasteiger partial charge in [0.25, 0.3) is 0 Å². The van der Waals surface area contributed by atoms with Crippen LogP contribution in [0.25, 0.3) is 0 Å². The Balaban J connectivity index is 0.000000211. The fourth-order valence-electron chi connectivity index (χ4n) is 3.91. The molecule has 0 saturated carbocycles. The molecule has 0 amide bonds. The SMILES string of the molecule is CC(C)(c1cccc(N)c1O)c1cccc(N)c1O.Nc1cccc(S(=O)(=O)c2cccc(N)c2O)c1O. The van der Waals surface area contributed by atoms with Gasteiger partial charge in [-0.2, -0.15) is 0 Å². The topological polar surface area (TPSA) is 219 Å². The molecule has 0 saturated heterocycles. The van der Waals surface area contributed by atoms with E-state index < -0.39 is 26.8 Å². The van der Waals surface area contributed by atoms with Crippen LogP contribution in [0.2, 0.25) is 0 Å². The van der Waals surface area contributed by atoms with Crippen LogP contribution in [0.4, 0.5) is 22.7 Å². The van der Waals surface area contributed by atoms with E-state index in [0.29, 0.717) is 22.5 Å². The van der Waals surface area contributed by atoms with Crippen molar-refractivity contribution in [1.82, 2.24) is 0 Å². The number of aromatic hydroxyl groups is 4. The molecule has 11 heteroatoms. The highest BCUT2D eigenvalue weighted by molar-refractivity contribution is 7.91. The molecule has 38 heavy (non-hydrogen) atoms. The number of rotatable bonds is 4. The van der Waals surface area contributed by atoms with Gasteiger partial charge in [0.1, 0.15) is 21.3 Å². The lowest BCUT2D eigenvalue weighted by molar-refractivity contribution is 0.438. The maximum atomic E-state index is 12.3. The molecular formula is C27H30N4O6S. The van der Waals surface area contributed by atoms with Crippen LogP contribution in [0.3, 0.4) is 0 Å². The van der Waals surface area contributed by atoms with Gasteiger partial charge in [0.2, 0.25) is 9.84 Å². The van der Waals surface area contributed by atoms with E-state index in [-0.39, 0.29) is 32.7 Å². The van der Waals surface area contributed by atoms with Gasteiger partial charge in [-0.05, 0) is 36.4 Å². The monoisotopic (exact) mass is 538 g/mol. The zero-order valence-electron chi connectivity index (χ0n) is 20.8. The van der Waals surface area contributed by atoms with Crippen LogP contribution in [0, 0.1) is 0 Å². The molecule has 0 spiro atoms. The minimum atomic E-state index is -4.11. The van der Waals surface area contributed by atoms with Crippen LogP contribution < -0.4 is 22.9 Å². The van der Waals surface area contributed by atoms with Crippen molar-refractivity contribution in [3.63, 3.8) is 0 Å². The van der Waals surface area contributed by atoms with Crippen LogP contribution in [-0.2, 0) is 15.3 Å². The molecule has 0 radical (unpaired) electrons. The van der Waals surface area contributed by atoms with E-state index in [0.717, 1.165) is 0 Å². The predicted octanol–water partition coefficient (Wildman–Crippen LogP) is 3.68. The highest BCUT2D eigenvalue weighted by Gasteiger charge is 2.30. The Morgan fingerprint density at radius 1 is 0.526 bits per heavy atom. The van der Waals surface area contributed by atoms with E-state index in [1.807, 2.05) is 13.8 Å². The molecule has 0 bridgehead atoms. The lowest BCUT2D eigenvalue weighted by Gasteiger charge is -2.28. The Morgan fingerprint density at radius 2 is 0.816 bits per heavy atom. The molecule has 0 aliphatic heterocycles. The van der Waals surface area contributed by atoms with Gasteiger partial charge in [-0.15, -0.1) is 0 Å². The molecule has 0 heterocycles. The van der Waals surface area contributed by atoms with Gasteiger partial charge in [0.05, 0.1) is 22.7 Å². The van der Waals surface area contributed by atoms with Crippen molar-refractivity contribution in [3.8, 4) is 23.0 Å². The largest absolute Gasteiger partial charge is 0.505 e. The molecule has 4 rings (SSSR count). The number of para-hydroxylation sites is 4. The highest BCUT2D eigenvalue weighted by atomic mass is 32.2. The van der Waals surface area contributed by atoms with Crippen LogP contribution in [-0.4, -0.2) is 28.8 Å². The second-order valence-electron chi connectivity index (χ2n) is 9.00. The molecule has 0 atom stereocenters. The van der Waals surface area contributed by atoms with Crippen LogP contribution >= 0.6 is 0 Å². The Kier molecular flexibility index (Phi) is 7.54. The number of nitrogens with two attached hydrogens (primary N) is 4. The summed E-state index contributed by atoms with van der Waals surface area (Å²) in [6, 6.07) is 18.3. The Hall–Kier alpha value is -4.77. The first-order valence-corrected chi connectivity index (χ1v) is 12.7. The fourth-order valence-corrected chi connectivity index (χ4v) is 5.40. The van der Waals surface area contributed by atoms with Crippen LogP contribution in [0.5, 0.6) is 23.0 Å². The molecule has 0 aromatic heterocycles. The average molecular weight is 539 g/mol. The normalized spacial score (nSPS) is 11.4. The van der Waals surface area contributed by atoms with Gasteiger partial charge in [-0.25, -0.2) is 8.42 Å². The van der Waals surface area contributed by atoms with Crippen molar-refractivity contribution in [3.05, 3.63) is 83.9 Å². The summed E-state index contributed by atoms with van der Waals surface area (Å²) in [5, 5.41) is 39.7. The van der Waals surface area contributed by atoms with E-state index in [1.54, 1.807) is 36.4 Å². The Labute approximate surface area is 220 Å². The van der Waals surface area contributed by atoms with Gasteiger partial charge in [-0.1, -0.05) is 50.2 Å². The minimum absolute atomic E-state index is 0.0364. The van der Waals surface area contributed by atoms with Crippen molar-refractivity contribution < 1.29 is 28.8 Å². The van der Waals surface area contributed by atoms with Crippen molar-refractivity contribution in [2.45, 2.75) is 29.1 Å². The third kappa shape index (κ3) is 5.04. The maximum absolute atomic E-state index is 12.3. The highest BCUT2D eigenvalue weighted by Crippen LogP contribution is 2.44. The predicted molar refractivity (Wildman–Crippen MR) is 148 cm³/mol. The first-order chi connectivity index (χ1) is 17.7. The molecular weight excluding hydrogens is 508 g/mol. The zero-order chi connectivity index (χ0) is 28.4. The second kappa shape index (κ2) is 10.3. The zero-order valence-corrected chi connectivity index (χ0v) is 21.6. The van der Waals surface area contributed by atoms with E-state index in [1.165, 1.54) is 36.4 Å². The number of sulfone groups is 1. The minimum Gasteiger partial charge on any atom is -0.505 e. The summed E-state index contributed by atoms with van der Waals surface area (Å²) in [6.07, 6.45) is 0. The first-order valence-electron chi connectivity index (χ1n) is 11.3. The molecule has 4 aromatic carbocycles. The third-order valence-corrected chi connectivity index (χ3v) is 7.94. The van der Waals surface area contributed by atoms with Gasteiger partial charge < -0.3 is 43.4 Å². The van der Waals surface area contributed by atoms with Crippen LogP contribution in [0.1, 0.15) is 25.0 Å². The van der Waals surface area contributed by atoms with E-state index in [2.05, 4.69) is 0 Å². The standard InChI is InChI=1S/C15H18N2O2.C12H12N2O4S/c1-15(2,9-5-3-7-11(16)13(9)18)10-6-4-8-12(17)14(10)19;13-7-3-1-5-9(11(7)15)19(17,18)10-6-2-4-8(14)12(10)16/h3-8,18-19H,16-17H2,1-2H3;1-6,15-16H,13-14H2. The van der Waals surface area contributed by atoms with Crippen LogP contribution in [0.15, 0.2) is 82.6 Å². The molecule has 0 aliphatic carbocycles. The summed E-state index contributed by atoms with van der Waals surface area (Å²) in [6.45, 7) is 3.80. The number of benzene rings is 4. The van der Waals surface area contributed by atoms with Gasteiger partial charge in [0.15, 0.2) is 11.5 Å². The van der Waals surface area contributed by atoms with Gasteiger partial charge in [-0.3, -0.25) is 0 Å². The smallest absolute Gasteiger partial charge is 0.214 e. The fraction of sp³-hybridized carbons (Fsp3) is 0.111. The van der Waals surface area contributed by atoms with Crippen molar-refractivity contribution in [2.24, 2.45) is 0 Å². The Morgan fingerprint density at radius 3 is 1.16 bits per heavy atom. The van der Waals surface area contributed by atoms with E-state index in [4.69, 9.17) is 22.9 Å². The second-order valence-corrected chi connectivity index (χ2v) is 10.9. The van der Waals surface area contributed by atoms with Crippen molar-refractivity contribution in [1.29, 1.82) is 0 Å². The molecule has 200 valence electrons. The summed E-state index contributed by atoms with van der Waals surface area (Å²) >= 11 is 0. The van der Waals surface area contributed by atoms with Crippen molar-refractivity contribution in [2.75, 3.05) is 22.9 Å². The summed E-state index contributed by atoms with van der Waals surface area (Å²) in [7, 11) is -4.11. The van der Waals surface area contributed by atoms with Gasteiger partial charge >= 0.3 is 0 Å². The number of anilines is 4. The molecule has 4 aromatic rings. The lowest BCUT2D eigenvalue weighted by atomic mass is 9.77. The number of phenolic OH excluding ortho intramolecular Hbond substituents is 4. The van der Waals surface area contributed by atoms with E-state index in [9.17, 15) is 28.8 Å². The lowest BCUT2D eigenvalue weighted by Crippen LogP contribution is -2.20. The molecule has 12 N–H and O–H groups in total. The number of hydrogen-bond donors (Lipinski definition) is 8. The number of hydrogen-bond acceptors (Lipinski definition) is 10. The molecule has 0 unspecified atom stereocenters. The quantitative estimate of drug-likeness (QED) is 0.139. The summed E-state index contributed by atoms with van der Waals surface area (Å²) in [5.41, 5.74) is 23.6. The van der Waals surface area contributed by atoms with Gasteiger partial charge in [0, 0.05) is 16.5 Å². The van der Waals surface area contributed by atoms with E-state index >= 15 is 0 Å². The maximum Gasteiger partial charge on any atom is 0.214 e. The molecule has 10 nitrogen and oxygen atoms in total. The third-order valence-electron chi connectivity index (χ3n) is 6.12. The molecule has 0 aliphatic rings. The number of phenols is 4. The number of nitrogen functional groups attached to an aromatic ring is 4. The summed E-state index contributed by atoms with van der Waals surface area (Å²) < 4.78 is 24.7. The summed E-state index contributed by atoms with van der Waals surface area (Å²) in [4.78, 5) is -0.762. The average Bonchev–Trinajstić information content (AvgIpc) is 2.86. The summed E-state index contributed by atoms with van der Waals surface area (Å²) in [5.74, 6) is -1.03. The first kappa shape index (κ1) is 27.8.